The van der Waals surface area contributed by atoms with E-state index in [0.717, 1.165) is 21.5 Å². The largest absolute Gasteiger partial charge is 0.497 e. The number of hydrogen-bond acceptors (Lipinski definition) is 6. The van der Waals surface area contributed by atoms with Crippen molar-refractivity contribution in [1.82, 2.24) is 9.55 Å². The first kappa shape index (κ1) is 21.0. The van der Waals surface area contributed by atoms with E-state index in [1.165, 1.54) is 15.9 Å². The monoisotopic (exact) mass is 459 g/mol. The van der Waals surface area contributed by atoms with Gasteiger partial charge in [0.2, 0.25) is 5.91 Å². The van der Waals surface area contributed by atoms with Gasteiger partial charge in [-0.05, 0) is 35.9 Å². The van der Waals surface area contributed by atoms with Crippen molar-refractivity contribution < 1.29 is 13.9 Å². The van der Waals surface area contributed by atoms with E-state index in [1.54, 1.807) is 18.1 Å². The smallest absolute Gasteiger partial charge is 0.419 e. The van der Waals surface area contributed by atoms with Crippen LogP contribution in [0.4, 0.5) is 5.13 Å². The molecule has 2 aromatic heterocycles. The van der Waals surface area contributed by atoms with Crippen molar-refractivity contribution in [2.45, 2.75) is 19.5 Å². The molecule has 0 radical (unpaired) electrons. The first-order chi connectivity index (χ1) is 16.1. The van der Waals surface area contributed by atoms with Crippen molar-refractivity contribution in [3.05, 3.63) is 88.9 Å². The van der Waals surface area contributed by atoms with Gasteiger partial charge in [-0.25, -0.2) is 9.78 Å². The van der Waals surface area contributed by atoms with Crippen LogP contribution in [0.5, 0.6) is 5.75 Å². The Labute approximate surface area is 193 Å². The molecule has 0 atom stereocenters. The first-order valence-corrected chi connectivity index (χ1v) is 11.3. The normalized spacial score (nSPS) is 11.2. The molecule has 0 saturated heterocycles. The van der Waals surface area contributed by atoms with Gasteiger partial charge >= 0.3 is 5.76 Å². The number of anilines is 1. The lowest BCUT2D eigenvalue weighted by molar-refractivity contribution is -0.119. The van der Waals surface area contributed by atoms with Gasteiger partial charge < -0.3 is 9.15 Å². The summed E-state index contributed by atoms with van der Waals surface area (Å²) < 4.78 is 13.0. The number of carbonyl (C=O) groups excluding carboxylic acids is 1. The zero-order valence-corrected chi connectivity index (χ0v) is 18.7. The summed E-state index contributed by atoms with van der Waals surface area (Å²) in [5.74, 6) is 0.151. The van der Waals surface area contributed by atoms with E-state index in [9.17, 15) is 9.59 Å². The summed E-state index contributed by atoms with van der Waals surface area (Å²) in [6.07, 6.45) is 0.134. The molecule has 3 aromatic carbocycles. The number of amides is 1. The average Bonchev–Trinajstić information content (AvgIpc) is 3.41. The highest BCUT2D eigenvalue weighted by atomic mass is 32.1. The Balaban J connectivity index is 1.45. The van der Waals surface area contributed by atoms with Gasteiger partial charge in [0.05, 0.1) is 29.4 Å². The highest BCUT2D eigenvalue weighted by Gasteiger charge is 2.21. The molecule has 0 fully saturated rings. The highest BCUT2D eigenvalue weighted by molar-refractivity contribution is 7.22. The maximum absolute atomic E-state index is 13.4. The Kier molecular flexibility index (Phi) is 5.66. The van der Waals surface area contributed by atoms with Crippen molar-refractivity contribution in [3.63, 3.8) is 0 Å². The molecule has 5 aromatic rings. The number of aromatic nitrogens is 2. The second-order valence-electron chi connectivity index (χ2n) is 7.53. The number of rotatable bonds is 7. The molecule has 5 rings (SSSR count). The number of hydrogen-bond donors (Lipinski definition) is 0. The predicted octanol–water partition coefficient (Wildman–Crippen LogP) is 4.84. The maximum Gasteiger partial charge on any atom is 0.419 e. The van der Waals surface area contributed by atoms with Crippen LogP contribution < -0.4 is 15.4 Å². The van der Waals surface area contributed by atoms with Gasteiger partial charge in [-0.3, -0.25) is 14.3 Å². The quantitative estimate of drug-likeness (QED) is 0.348. The SMILES string of the molecule is COc1ccc2nc(N(Cc3ccccc3)C(=O)CCn3c(=O)oc4ccccc43)sc2c1. The minimum absolute atomic E-state index is 0.123. The van der Waals surface area contributed by atoms with Crippen LogP contribution in [-0.2, 0) is 17.9 Å². The summed E-state index contributed by atoms with van der Waals surface area (Å²) >= 11 is 1.44. The van der Waals surface area contributed by atoms with Crippen LogP contribution in [-0.4, -0.2) is 22.6 Å². The number of carbonyl (C=O) groups is 1. The Bertz CT molecular complexity index is 1490. The number of oxazole rings is 1. The molecule has 0 spiro atoms. The standard InChI is InChI=1S/C25H21N3O4S/c1-31-18-11-12-19-22(15-18)33-24(26-19)28(16-17-7-3-2-4-8-17)23(29)13-14-27-20-9-5-6-10-21(20)32-25(27)30/h2-12,15H,13-14,16H2,1H3. The molecule has 0 aliphatic carbocycles. The third-order valence-electron chi connectivity index (χ3n) is 5.42. The lowest BCUT2D eigenvalue weighted by Crippen LogP contribution is -2.31. The third kappa shape index (κ3) is 4.25. The molecular weight excluding hydrogens is 438 g/mol. The lowest BCUT2D eigenvalue weighted by atomic mass is 10.2. The van der Waals surface area contributed by atoms with Crippen LogP contribution in [0, 0.1) is 0 Å². The number of benzene rings is 3. The zero-order chi connectivity index (χ0) is 22.8. The number of aryl methyl sites for hydroxylation is 1. The van der Waals surface area contributed by atoms with E-state index < -0.39 is 5.76 Å². The van der Waals surface area contributed by atoms with E-state index in [2.05, 4.69) is 0 Å². The number of fused-ring (bicyclic) bond motifs is 2. The highest BCUT2D eigenvalue weighted by Crippen LogP contribution is 2.32. The fourth-order valence-corrected chi connectivity index (χ4v) is 4.74. The predicted molar refractivity (Wildman–Crippen MR) is 129 cm³/mol. The molecule has 0 saturated carbocycles. The van der Waals surface area contributed by atoms with Crippen molar-refractivity contribution in [2.75, 3.05) is 12.0 Å². The van der Waals surface area contributed by atoms with E-state index in [-0.39, 0.29) is 18.9 Å². The molecular formula is C25H21N3O4S. The van der Waals surface area contributed by atoms with Crippen LogP contribution in [0.1, 0.15) is 12.0 Å². The Morgan fingerprint density at radius 2 is 1.88 bits per heavy atom. The Morgan fingerprint density at radius 1 is 1.09 bits per heavy atom. The topological polar surface area (TPSA) is 77.6 Å². The van der Waals surface area contributed by atoms with Crippen LogP contribution in [0.3, 0.4) is 0 Å². The summed E-state index contributed by atoms with van der Waals surface area (Å²) in [5, 5.41) is 0.608. The fourth-order valence-electron chi connectivity index (χ4n) is 3.73. The van der Waals surface area contributed by atoms with Gasteiger partial charge in [0.1, 0.15) is 5.75 Å². The molecule has 7 nitrogen and oxygen atoms in total. The summed E-state index contributed by atoms with van der Waals surface area (Å²) in [4.78, 5) is 32.1. The van der Waals surface area contributed by atoms with E-state index in [0.29, 0.717) is 22.8 Å². The van der Waals surface area contributed by atoms with Gasteiger partial charge in [-0.1, -0.05) is 53.8 Å². The molecule has 2 heterocycles. The summed E-state index contributed by atoms with van der Waals surface area (Å²) in [7, 11) is 1.62. The molecule has 0 aliphatic heterocycles. The van der Waals surface area contributed by atoms with Crippen LogP contribution in [0.25, 0.3) is 21.3 Å². The number of nitrogens with zero attached hydrogens (tertiary/aromatic N) is 3. The lowest BCUT2D eigenvalue weighted by Gasteiger charge is -2.20. The number of ether oxygens (including phenoxy) is 1. The van der Waals surface area contributed by atoms with Gasteiger partial charge in [-0.2, -0.15) is 0 Å². The first-order valence-electron chi connectivity index (χ1n) is 10.5. The van der Waals surface area contributed by atoms with Gasteiger partial charge in [0.25, 0.3) is 0 Å². The van der Waals surface area contributed by atoms with E-state index >= 15 is 0 Å². The minimum Gasteiger partial charge on any atom is -0.497 e. The minimum atomic E-state index is -0.467. The number of thiazole rings is 1. The summed E-state index contributed by atoms with van der Waals surface area (Å²) in [6.45, 7) is 0.607. The number of para-hydroxylation sites is 2. The van der Waals surface area contributed by atoms with Crippen molar-refractivity contribution in [1.29, 1.82) is 0 Å². The molecule has 0 bridgehead atoms. The van der Waals surface area contributed by atoms with Crippen molar-refractivity contribution in [2.24, 2.45) is 0 Å². The molecule has 33 heavy (non-hydrogen) atoms. The van der Waals surface area contributed by atoms with E-state index in [1.807, 2.05) is 66.7 Å². The molecule has 0 aliphatic rings. The summed E-state index contributed by atoms with van der Waals surface area (Å²) in [6, 6.07) is 22.6. The van der Waals surface area contributed by atoms with Crippen LogP contribution in [0.15, 0.2) is 82.0 Å². The Hall–Kier alpha value is -3.91. The molecule has 1 amide bonds. The third-order valence-corrected chi connectivity index (χ3v) is 6.46. The van der Waals surface area contributed by atoms with Crippen LogP contribution >= 0.6 is 11.3 Å². The fraction of sp³-hybridized carbons (Fsp3) is 0.160. The van der Waals surface area contributed by atoms with Gasteiger partial charge in [-0.15, -0.1) is 0 Å². The number of methoxy groups -OCH3 is 1. The van der Waals surface area contributed by atoms with Crippen molar-refractivity contribution >= 4 is 43.7 Å². The molecule has 166 valence electrons. The zero-order valence-electron chi connectivity index (χ0n) is 17.9. The van der Waals surface area contributed by atoms with Gasteiger partial charge in [0.15, 0.2) is 10.7 Å². The van der Waals surface area contributed by atoms with E-state index in [4.69, 9.17) is 14.1 Å². The van der Waals surface area contributed by atoms with Crippen LogP contribution in [0.2, 0.25) is 0 Å². The summed E-state index contributed by atoms with van der Waals surface area (Å²) in [5.41, 5.74) is 2.99. The molecule has 0 unspecified atom stereocenters. The van der Waals surface area contributed by atoms with Gasteiger partial charge in [0, 0.05) is 13.0 Å². The maximum atomic E-state index is 13.4. The average molecular weight is 460 g/mol. The Morgan fingerprint density at radius 3 is 2.70 bits per heavy atom. The molecule has 0 N–H and O–H groups in total. The second kappa shape index (κ2) is 8.91. The van der Waals surface area contributed by atoms with Crippen molar-refractivity contribution in [3.8, 4) is 5.75 Å². The molecule has 8 heteroatoms. The second-order valence-corrected chi connectivity index (χ2v) is 8.54.